The van der Waals surface area contributed by atoms with Crippen LogP contribution in [0.2, 0.25) is 0 Å². The summed E-state index contributed by atoms with van der Waals surface area (Å²) < 4.78 is 11.5. The number of rotatable bonds is 6. The molecule has 2 fully saturated rings. The number of amides is 3. The van der Waals surface area contributed by atoms with Crippen molar-refractivity contribution >= 4 is 29.2 Å². The SMILES string of the molecule is CN(C(=O)OC(C)(C)C)C1CCN(c2ccc(NC(=O)Nc3ccc(OC4CCCC4)cc3)cc2)C1. The molecule has 4 rings (SSSR count). The highest BCUT2D eigenvalue weighted by molar-refractivity contribution is 5.99. The van der Waals surface area contributed by atoms with Crippen molar-refractivity contribution in [2.75, 3.05) is 35.7 Å². The summed E-state index contributed by atoms with van der Waals surface area (Å²) in [6, 6.07) is 15.0. The summed E-state index contributed by atoms with van der Waals surface area (Å²) in [5.41, 5.74) is 1.96. The van der Waals surface area contributed by atoms with Crippen LogP contribution in [0.3, 0.4) is 0 Å². The minimum Gasteiger partial charge on any atom is -0.490 e. The summed E-state index contributed by atoms with van der Waals surface area (Å²) in [4.78, 5) is 28.8. The van der Waals surface area contributed by atoms with E-state index < -0.39 is 5.60 Å². The van der Waals surface area contributed by atoms with Crippen molar-refractivity contribution in [3.05, 3.63) is 48.5 Å². The summed E-state index contributed by atoms with van der Waals surface area (Å²) in [6.07, 6.45) is 5.59. The van der Waals surface area contributed by atoms with Crippen LogP contribution in [0.1, 0.15) is 52.9 Å². The van der Waals surface area contributed by atoms with Gasteiger partial charge in [-0.2, -0.15) is 0 Å². The van der Waals surface area contributed by atoms with E-state index in [1.54, 1.807) is 11.9 Å². The third-order valence-corrected chi connectivity index (χ3v) is 6.60. The maximum absolute atomic E-state index is 12.5. The lowest BCUT2D eigenvalue weighted by atomic mass is 10.2. The molecule has 36 heavy (non-hydrogen) atoms. The first-order chi connectivity index (χ1) is 17.2. The van der Waals surface area contributed by atoms with Crippen LogP contribution in [0.15, 0.2) is 48.5 Å². The second-order valence-electron chi connectivity index (χ2n) is 10.7. The van der Waals surface area contributed by atoms with Crippen LogP contribution >= 0.6 is 0 Å². The highest BCUT2D eigenvalue weighted by Gasteiger charge is 2.31. The topological polar surface area (TPSA) is 83.1 Å². The van der Waals surface area contributed by atoms with E-state index in [2.05, 4.69) is 15.5 Å². The average Bonchev–Trinajstić information content (AvgIpc) is 3.52. The molecule has 1 aliphatic carbocycles. The van der Waals surface area contributed by atoms with Crippen molar-refractivity contribution in [3.8, 4) is 5.75 Å². The quantitative estimate of drug-likeness (QED) is 0.507. The van der Waals surface area contributed by atoms with Gasteiger partial charge in [0, 0.05) is 37.2 Å². The molecule has 2 aliphatic rings. The van der Waals surface area contributed by atoms with E-state index in [4.69, 9.17) is 9.47 Å². The van der Waals surface area contributed by atoms with Crippen molar-refractivity contribution in [3.63, 3.8) is 0 Å². The zero-order chi connectivity index (χ0) is 25.7. The first kappa shape index (κ1) is 25.7. The number of ether oxygens (including phenoxy) is 2. The minimum absolute atomic E-state index is 0.0957. The zero-order valence-corrected chi connectivity index (χ0v) is 21.8. The smallest absolute Gasteiger partial charge is 0.410 e. The Bertz CT molecular complexity index is 1030. The predicted octanol–water partition coefficient (Wildman–Crippen LogP) is 6.10. The highest BCUT2D eigenvalue weighted by atomic mass is 16.6. The second kappa shape index (κ2) is 11.1. The Balaban J connectivity index is 1.24. The van der Waals surface area contributed by atoms with Crippen molar-refractivity contribution in [2.24, 2.45) is 0 Å². The van der Waals surface area contributed by atoms with E-state index in [0.717, 1.165) is 43.8 Å². The lowest BCUT2D eigenvalue weighted by Crippen LogP contribution is -2.42. The van der Waals surface area contributed by atoms with E-state index in [9.17, 15) is 9.59 Å². The Labute approximate surface area is 213 Å². The van der Waals surface area contributed by atoms with Gasteiger partial charge >= 0.3 is 12.1 Å². The third kappa shape index (κ3) is 7.06. The molecule has 194 valence electrons. The van der Waals surface area contributed by atoms with Gasteiger partial charge in [0.25, 0.3) is 0 Å². The Hall–Kier alpha value is -3.42. The van der Waals surface area contributed by atoms with Crippen LogP contribution in [-0.4, -0.2) is 54.9 Å². The normalized spacial score (nSPS) is 18.1. The number of urea groups is 1. The molecule has 8 nitrogen and oxygen atoms in total. The Kier molecular flexibility index (Phi) is 7.91. The van der Waals surface area contributed by atoms with Crippen molar-refractivity contribution in [1.82, 2.24) is 4.90 Å². The van der Waals surface area contributed by atoms with Crippen LogP contribution in [0.5, 0.6) is 5.75 Å². The summed E-state index contributed by atoms with van der Waals surface area (Å²) in [6.45, 7) is 7.21. The third-order valence-electron chi connectivity index (χ3n) is 6.60. The Morgan fingerprint density at radius 1 is 0.917 bits per heavy atom. The molecule has 1 unspecified atom stereocenters. The van der Waals surface area contributed by atoms with Gasteiger partial charge in [-0.1, -0.05) is 0 Å². The summed E-state index contributed by atoms with van der Waals surface area (Å²) >= 11 is 0. The summed E-state index contributed by atoms with van der Waals surface area (Å²) in [7, 11) is 1.80. The lowest BCUT2D eigenvalue weighted by molar-refractivity contribution is 0.0238. The predicted molar refractivity (Wildman–Crippen MR) is 143 cm³/mol. The van der Waals surface area contributed by atoms with E-state index in [1.807, 2.05) is 69.3 Å². The Morgan fingerprint density at radius 2 is 1.50 bits per heavy atom. The molecule has 0 spiro atoms. The van der Waals surface area contributed by atoms with Crippen LogP contribution in [-0.2, 0) is 4.74 Å². The van der Waals surface area contributed by atoms with E-state index in [0.29, 0.717) is 17.5 Å². The molecular weight excluding hydrogens is 456 g/mol. The number of hydrogen-bond acceptors (Lipinski definition) is 5. The molecule has 0 radical (unpaired) electrons. The van der Waals surface area contributed by atoms with Crippen LogP contribution in [0.25, 0.3) is 0 Å². The number of nitrogens with zero attached hydrogens (tertiary/aromatic N) is 2. The van der Waals surface area contributed by atoms with E-state index in [1.165, 1.54) is 12.8 Å². The van der Waals surface area contributed by atoms with E-state index >= 15 is 0 Å². The maximum atomic E-state index is 12.5. The van der Waals surface area contributed by atoms with Gasteiger partial charge in [0.05, 0.1) is 12.1 Å². The minimum atomic E-state index is -0.508. The first-order valence-electron chi connectivity index (χ1n) is 12.8. The standard InChI is InChI=1S/C28H38N4O4/c1-28(2,3)36-27(34)31(4)23-17-18-32(19-23)22-13-9-20(10-14-22)29-26(33)30-21-11-15-25(16-12-21)35-24-7-5-6-8-24/h9-16,23-24H,5-8,17-19H2,1-4H3,(H2,29,30,33). The van der Waals surface area contributed by atoms with Crippen LogP contribution in [0, 0.1) is 0 Å². The van der Waals surface area contributed by atoms with Gasteiger partial charge in [-0.3, -0.25) is 0 Å². The lowest BCUT2D eigenvalue weighted by Gasteiger charge is -2.28. The molecule has 2 N–H and O–H groups in total. The molecule has 3 amide bonds. The molecule has 0 aromatic heterocycles. The summed E-state index contributed by atoms with van der Waals surface area (Å²) in [5, 5.41) is 5.74. The van der Waals surface area contributed by atoms with Crippen molar-refractivity contribution in [2.45, 2.75) is 70.6 Å². The van der Waals surface area contributed by atoms with Crippen molar-refractivity contribution < 1.29 is 19.1 Å². The van der Waals surface area contributed by atoms with E-state index in [-0.39, 0.29) is 18.2 Å². The van der Waals surface area contributed by atoms with Crippen molar-refractivity contribution in [1.29, 1.82) is 0 Å². The molecule has 1 saturated carbocycles. The number of likely N-dealkylation sites (N-methyl/N-ethyl adjacent to an activating group) is 1. The fourth-order valence-corrected chi connectivity index (χ4v) is 4.64. The fourth-order valence-electron chi connectivity index (χ4n) is 4.64. The van der Waals surface area contributed by atoms with Gasteiger partial charge in [0.15, 0.2) is 0 Å². The molecule has 8 heteroatoms. The number of hydrogen-bond donors (Lipinski definition) is 2. The van der Waals surface area contributed by atoms with Gasteiger partial charge in [0.1, 0.15) is 11.4 Å². The number of carbonyl (C=O) groups excluding carboxylic acids is 2. The maximum Gasteiger partial charge on any atom is 0.410 e. The van der Waals surface area contributed by atoms with Gasteiger partial charge in [-0.25, -0.2) is 9.59 Å². The number of anilines is 3. The average molecular weight is 495 g/mol. The Morgan fingerprint density at radius 3 is 2.08 bits per heavy atom. The molecule has 2 aromatic carbocycles. The number of benzene rings is 2. The number of nitrogens with one attached hydrogen (secondary N) is 2. The monoisotopic (exact) mass is 494 g/mol. The summed E-state index contributed by atoms with van der Waals surface area (Å²) in [5.74, 6) is 0.838. The number of carbonyl (C=O) groups is 2. The molecule has 2 aromatic rings. The largest absolute Gasteiger partial charge is 0.490 e. The zero-order valence-electron chi connectivity index (χ0n) is 21.8. The van der Waals surface area contributed by atoms with Gasteiger partial charge in [-0.05, 0) is 101 Å². The highest BCUT2D eigenvalue weighted by Crippen LogP contribution is 2.26. The fraction of sp³-hybridized carbons (Fsp3) is 0.500. The van der Waals surface area contributed by atoms with Gasteiger partial charge in [-0.15, -0.1) is 0 Å². The molecular formula is C28H38N4O4. The molecule has 0 bridgehead atoms. The molecule has 1 aliphatic heterocycles. The molecule has 1 heterocycles. The second-order valence-corrected chi connectivity index (χ2v) is 10.7. The van der Waals surface area contributed by atoms with Crippen LogP contribution < -0.4 is 20.3 Å². The van der Waals surface area contributed by atoms with Crippen LogP contribution in [0.4, 0.5) is 26.7 Å². The molecule has 1 atom stereocenters. The van der Waals surface area contributed by atoms with Gasteiger partial charge in [0.2, 0.25) is 0 Å². The molecule has 1 saturated heterocycles. The van der Waals surface area contributed by atoms with Gasteiger partial charge < -0.3 is 29.9 Å². The first-order valence-corrected chi connectivity index (χ1v) is 12.8.